The molecule has 416 valence electrons. The monoisotopic (exact) mass is 989 g/mol. The minimum absolute atomic E-state index is 0.0612. The molecule has 0 aliphatic rings. The van der Waals surface area contributed by atoms with Crippen LogP contribution in [0, 0.1) is 5.92 Å². The van der Waals surface area contributed by atoms with Crippen LogP contribution in [0.2, 0.25) is 0 Å². The van der Waals surface area contributed by atoms with Crippen LogP contribution >= 0.6 is 0 Å². The Labute approximate surface area is 438 Å². The molecule has 0 aliphatic carbocycles. The zero-order chi connectivity index (χ0) is 50.9. The molecule has 0 aromatic rings. The van der Waals surface area contributed by atoms with Crippen molar-refractivity contribution in [2.24, 2.45) is 5.92 Å². The first-order chi connectivity index (χ1) is 34.4. The van der Waals surface area contributed by atoms with Crippen LogP contribution in [-0.4, -0.2) is 37.2 Å². The third-order valence-electron chi connectivity index (χ3n) is 14.8. The van der Waals surface area contributed by atoms with Crippen molar-refractivity contribution in [2.45, 2.75) is 374 Å². The number of rotatable bonds is 59. The molecule has 0 aromatic heterocycles. The van der Waals surface area contributed by atoms with Crippen molar-refractivity contribution in [3.63, 3.8) is 0 Å². The van der Waals surface area contributed by atoms with E-state index in [0.717, 1.165) is 63.7 Å². The molecular weight excluding hydrogens is 865 g/mol. The second kappa shape index (κ2) is 58.3. The number of carbonyl (C=O) groups excluding carboxylic acids is 3. The smallest absolute Gasteiger partial charge is 0.306 e. The highest BCUT2D eigenvalue weighted by Crippen LogP contribution is 2.19. The quantitative estimate of drug-likeness (QED) is 0.0343. The minimum atomic E-state index is -0.762. The molecule has 0 saturated carbocycles. The molecule has 0 spiro atoms. The summed E-state index contributed by atoms with van der Waals surface area (Å²) in [5.74, 6) is 0.0302. The lowest BCUT2D eigenvalue weighted by Gasteiger charge is -2.18. The first-order valence-electron chi connectivity index (χ1n) is 31.9. The maximum atomic E-state index is 12.9. The van der Waals surface area contributed by atoms with Gasteiger partial charge >= 0.3 is 17.9 Å². The summed E-state index contributed by atoms with van der Waals surface area (Å²) in [4.78, 5) is 38.2. The number of unbranched alkanes of at least 4 members (excludes halogenated alkanes) is 46. The molecule has 0 fully saturated rings. The Kier molecular flexibility index (Phi) is 57.0. The second-order valence-electron chi connectivity index (χ2n) is 22.5. The van der Waals surface area contributed by atoms with E-state index < -0.39 is 6.10 Å². The highest BCUT2D eigenvalue weighted by molar-refractivity contribution is 5.71. The fourth-order valence-electron chi connectivity index (χ4n) is 9.99. The van der Waals surface area contributed by atoms with E-state index >= 15 is 0 Å². The molecule has 0 aromatic carbocycles. The topological polar surface area (TPSA) is 78.9 Å². The summed E-state index contributed by atoms with van der Waals surface area (Å²) in [5.41, 5.74) is 0. The minimum Gasteiger partial charge on any atom is -0.462 e. The SMILES string of the molecule is CCCCCCCCCCCCCCCCCCCCCC(=O)OC[C@@H](COC(=O)CCCCCCCCCCCCCCCCCCCCC(C)C)OC(=O)CCCCCCCCCCCCCC. The van der Waals surface area contributed by atoms with Crippen molar-refractivity contribution >= 4 is 17.9 Å². The third-order valence-corrected chi connectivity index (χ3v) is 14.8. The molecule has 0 radical (unpaired) electrons. The van der Waals surface area contributed by atoms with Crippen LogP contribution in [-0.2, 0) is 28.6 Å². The molecule has 0 aliphatic heterocycles. The van der Waals surface area contributed by atoms with Crippen molar-refractivity contribution in [3.05, 3.63) is 0 Å². The summed E-state index contributed by atoms with van der Waals surface area (Å²) in [6.07, 6.45) is 65.4. The summed E-state index contributed by atoms with van der Waals surface area (Å²) in [5, 5.41) is 0. The van der Waals surface area contributed by atoms with Crippen LogP contribution in [0.5, 0.6) is 0 Å². The van der Waals surface area contributed by atoms with Gasteiger partial charge in [0.15, 0.2) is 6.10 Å². The van der Waals surface area contributed by atoms with Crippen molar-refractivity contribution in [3.8, 4) is 0 Å². The van der Waals surface area contributed by atoms with Crippen LogP contribution in [0.25, 0.3) is 0 Å². The van der Waals surface area contributed by atoms with Gasteiger partial charge in [0.1, 0.15) is 13.2 Å². The summed E-state index contributed by atoms with van der Waals surface area (Å²) in [7, 11) is 0. The zero-order valence-corrected chi connectivity index (χ0v) is 48.0. The Hall–Kier alpha value is -1.59. The normalized spacial score (nSPS) is 12.0. The number of hydrogen-bond donors (Lipinski definition) is 0. The van der Waals surface area contributed by atoms with E-state index in [0.29, 0.717) is 19.3 Å². The van der Waals surface area contributed by atoms with E-state index in [2.05, 4.69) is 27.7 Å². The Balaban J connectivity index is 4.21. The molecule has 6 heteroatoms. The van der Waals surface area contributed by atoms with Crippen LogP contribution < -0.4 is 0 Å². The van der Waals surface area contributed by atoms with Crippen LogP contribution in [0.3, 0.4) is 0 Å². The van der Waals surface area contributed by atoms with Gasteiger partial charge in [-0.25, -0.2) is 0 Å². The van der Waals surface area contributed by atoms with Crippen molar-refractivity contribution in [2.75, 3.05) is 13.2 Å². The average molecular weight is 990 g/mol. The van der Waals surface area contributed by atoms with Gasteiger partial charge in [-0.15, -0.1) is 0 Å². The summed E-state index contributed by atoms with van der Waals surface area (Å²) >= 11 is 0. The van der Waals surface area contributed by atoms with E-state index in [4.69, 9.17) is 14.2 Å². The van der Waals surface area contributed by atoms with Gasteiger partial charge in [0.2, 0.25) is 0 Å². The van der Waals surface area contributed by atoms with Crippen molar-refractivity contribution in [1.29, 1.82) is 0 Å². The van der Waals surface area contributed by atoms with E-state index in [1.54, 1.807) is 0 Å². The zero-order valence-electron chi connectivity index (χ0n) is 48.0. The van der Waals surface area contributed by atoms with E-state index in [1.807, 2.05) is 0 Å². The van der Waals surface area contributed by atoms with Gasteiger partial charge in [-0.05, 0) is 25.2 Å². The number of ether oxygens (including phenoxy) is 3. The molecule has 0 amide bonds. The van der Waals surface area contributed by atoms with Gasteiger partial charge < -0.3 is 14.2 Å². The molecular formula is C64H124O6. The first kappa shape index (κ1) is 68.4. The van der Waals surface area contributed by atoms with Crippen LogP contribution in [0.4, 0.5) is 0 Å². The third kappa shape index (κ3) is 57.3. The average Bonchev–Trinajstić information content (AvgIpc) is 3.35. The van der Waals surface area contributed by atoms with E-state index in [1.165, 1.54) is 263 Å². The number of hydrogen-bond acceptors (Lipinski definition) is 6. The molecule has 70 heavy (non-hydrogen) atoms. The molecule has 0 bridgehead atoms. The molecule has 0 rings (SSSR count). The molecule has 0 heterocycles. The van der Waals surface area contributed by atoms with Gasteiger partial charge in [0.25, 0.3) is 0 Å². The summed E-state index contributed by atoms with van der Waals surface area (Å²) < 4.78 is 16.9. The van der Waals surface area contributed by atoms with Crippen molar-refractivity contribution in [1.82, 2.24) is 0 Å². The van der Waals surface area contributed by atoms with Crippen LogP contribution in [0.1, 0.15) is 368 Å². The molecule has 1 atom stereocenters. The van der Waals surface area contributed by atoms with Gasteiger partial charge in [-0.1, -0.05) is 329 Å². The lowest BCUT2D eigenvalue weighted by atomic mass is 10.0. The van der Waals surface area contributed by atoms with Crippen molar-refractivity contribution < 1.29 is 28.6 Å². The summed E-state index contributed by atoms with van der Waals surface area (Å²) in [6.45, 7) is 9.09. The Bertz CT molecular complexity index is 1060. The second-order valence-corrected chi connectivity index (χ2v) is 22.5. The molecule has 6 nitrogen and oxygen atoms in total. The highest BCUT2D eigenvalue weighted by Gasteiger charge is 2.19. The predicted octanol–water partition coefficient (Wildman–Crippen LogP) is 21.4. The Morgan fingerprint density at radius 1 is 0.271 bits per heavy atom. The van der Waals surface area contributed by atoms with Gasteiger partial charge in [0.05, 0.1) is 0 Å². The Morgan fingerprint density at radius 2 is 0.471 bits per heavy atom. The molecule has 0 unspecified atom stereocenters. The lowest BCUT2D eigenvalue weighted by Crippen LogP contribution is -2.30. The number of esters is 3. The van der Waals surface area contributed by atoms with Gasteiger partial charge in [-0.3, -0.25) is 14.4 Å². The largest absolute Gasteiger partial charge is 0.462 e. The predicted molar refractivity (Wildman–Crippen MR) is 303 cm³/mol. The fraction of sp³-hybridized carbons (Fsp3) is 0.953. The van der Waals surface area contributed by atoms with E-state index in [-0.39, 0.29) is 31.1 Å². The standard InChI is InChI=1S/C64H124O6/c1-5-7-9-11-13-15-17-19-20-21-22-26-29-32-36-39-43-47-51-55-62(65)68-58-61(70-64(67)57-53-49-45-41-35-18-16-14-12-10-8-6-2)59-69-63(66)56-52-48-44-40-37-33-30-27-24-23-25-28-31-34-38-42-46-50-54-60(3)4/h60-61H,5-59H2,1-4H3/t61-/m0/s1. The number of carbonyl (C=O) groups is 3. The Morgan fingerprint density at radius 3 is 0.700 bits per heavy atom. The fourth-order valence-corrected chi connectivity index (χ4v) is 9.99. The van der Waals surface area contributed by atoms with E-state index in [9.17, 15) is 14.4 Å². The highest BCUT2D eigenvalue weighted by atomic mass is 16.6. The summed E-state index contributed by atoms with van der Waals surface area (Å²) in [6, 6.07) is 0. The van der Waals surface area contributed by atoms with Crippen LogP contribution in [0.15, 0.2) is 0 Å². The molecule has 0 saturated heterocycles. The molecule has 0 N–H and O–H groups in total. The maximum Gasteiger partial charge on any atom is 0.306 e. The first-order valence-corrected chi connectivity index (χ1v) is 31.9. The van der Waals surface area contributed by atoms with Gasteiger partial charge in [-0.2, -0.15) is 0 Å². The lowest BCUT2D eigenvalue weighted by molar-refractivity contribution is -0.167. The maximum absolute atomic E-state index is 12.9. The van der Waals surface area contributed by atoms with Gasteiger partial charge in [0, 0.05) is 19.3 Å².